The van der Waals surface area contributed by atoms with Gasteiger partial charge in [0.1, 0.15) is 0 Å². The van der Waals surface area contributed by atoms with Gasteiger partial charge in [0.05, 0.1) is 6.04 Å². The molecule has 15 heavy (non-hydrogen) atoms. The molecule has 0 bridgehead atoms. The van der Waals surface area contributed by atoms with E-state index in [0.717, 1.165) is 19.5 Å². The standard InChI is InChI=1S/C12H24N2O/c1-8(2)5-11(12(15)9(3)4)14-10-6-13-7-10/h8-11,13-14H,5-7H2,1-4H3. The van der Waals surface area contributed by atoms with Crippen LogP contribution in [0.4, 0.5) is 0 Å². The van der Waals surface area contributed by atoms with Crippen molar-refractivity contribution in [1.82, 2.24) is 10.6 Å². The van der Waals surface area contributed by atoms with Crippen LogP contribution in [0.5, 0.6) is 0 Å². The molecule has 1 atom stereocenters. The highest BCUT2D eigenvalue weighted by Crippen LogP contribution is 2.11. The molecule has 0 aromatic carbocycles. The van der Waals surface area contributed by atoms with Crippen molar-refractivity contribution in [2.45, 2.75) is 46.2 Å². The first kappa shape index (κ1) is 12.7. The van der Waals surface area contributed by atoms with Crippen LogP contribution in [0.25, 0.3) is 0 Å². The third-order valence-electron chi connectivity index (χ3n) is 2.84. The molecule has 1 fully saturated rings. The molecule has 3 nitrogen and oxygen atoms in total. The summed E-state index contributed by atoms with van der Waals surface area (Å²) in [6.45, 7) is 10.3. The molecule has 1 saturated heterocycles. The number of carbonyl (C=O) groups is 1. The largest absolute Gasteiger partial charge is 0.314 e. The average Bonchev–Trinajstić information content (AvgIpc) is 2.07. The quantitative estimate of drug-likeness (QED) is 0.695. The Hall–Kier alpha value is -0.410. The van der Waals surface area contributed by atoms with Crippen LogP contribution in [0.3, 0.4) is 0 Å². The van der Waals surface area contributed by atoms with Gasteiger partial charge < -0.3 is 10.6 Å². The molecule has 1 heterocycles. The number of Topliss-reactive ketones (excluding diaryl/α,β-unsaturated/α-hetero) is 1. The van der Waals surface area contributed by atoms with Crippen molar-refractivity contribution in [2.24, 2.45) is 11.8 Å². The van der Waals surface area contributed by atoms with Crippen molar-refractivity contribution in [3.8, 4) is 0 Å². The van der Waals surface area contributed by atoms with Crippen LogP contribution < -0.4 is 10.6 Å². The van der Waals surface area contributed by atoms with E-state index in [1.165, 1.54) is 0 Å². The highest BCUT2D eigenvalue weighted by Gasteiger charge is 2.27. The van der Waals surface area contributed by atoms with E-state index >= 15 is 0 Å². The maximum Gasteiger partial charge on any atom is 0.152 e. The molecule has 1 aliphatic heterocycles. The van der Waals surface area contributed by atoms with Crippen LogP contribution in [0.15, 0.2) is 0 Å². The summed E-state index contributed by atoms with van der Waals surface area (Å²) < 4.78 is 0. The summed E-state index contributed by atoms with van der Waals surface area (Å²) in [5, 5.41) is 6.67. The predicted octanol–water partition coefficient (Wildman–Crippen LogP) is 1.19. The third-order valence-corrected chi connectivity index (χ3v) is 2.84. The van der Waals surface area contributed by atoms with Crippen molar-refractivity contribution < 1.29 is 4.79 Å². The van der Waals surface area contributed by atoms with Gasteiger partial charge in [0.2, 0.25) is 0 Å². The molecular formula is C12H24N2O. The molecule has 0 amide bonds. The minimum Gasteiger partial charge on any atom is -0.314 e. The van der Waals surface area contributed by atoms with Gasteiger partial charge in [-0.2, -0.15) is 0 Å². The predicted molar refractivity (Wildman–Crippen MR) is 62.9 cm³/mol. The summed E-state index contributed by atoms with van der Waals surface area (Å²) in [4.78, 5) is 12.0. The second-order valence-corrected chi connectivity index (χ2v) is 5.26. The van der Waals surface area contributed by atoms with Crippen molar-refractivity contribution in [3.63, 3.8) is 0 Å². The molecule has 1 rings (SSSR count). The molecular weight excluding hydrogens is 188 g/mol. The van der Waals surface area contributed by atoms with E-state index in [4.69, 9.17) is 0 Å². The molecule has 1 unspecified atom stereocenters. The molecule has 3 heteroatoms. The number of nitrogens with one attached hydrogen (secondary N) is 2. The van der Waals surface area contributed by atoms with Gasteiger partial charge >= 0.3 is 0 Å². The molecule has 0 aliphatic carbocycles. The average molecular weight is 212 g/mol. The first-order valence-electron chi connectivity index (χ1n) is 6.01. The molecule has 0 saturated carbocycles. The van der Waals surface area contributed by atoms with E-state index in [1.807, 2.05) is 13.8 Å². The number of carbonyl (C=O) groups excluding carboxylic acids is 1. The van der Waals surface area contributed by atoms with Gasteiger partial charge in [-0.1, -0.05) is 27.7 Å². The van der Waals surface area contributed by atoms with Crippen LogP contribution >= 0.6 is 0 Å². The van der Waals surface area contributed by atoms with E-state index in [0.29, 0.717) is 17.7 Å². The molecule has 0 aromatic heterocycles. The summed E-state index contributed by atoms with van der Waals surface area (Å²) in [5.74, 6) is 1.06. The van der Waals surface area contributed by atoms with Gasteiger partial charge in [0.25, 0.3) is 0 Å². The van der Waals surface area contributed by atoms with Crippen molar-refractivity contribution in [2.75, 3.05) is 13.1 Å². The van der Waals surface area contributed by atoms with Gasteiger partial charge in [-0.25, -0.2) is 0 Å². The molecule has 0 aromatic rings. The zero-order chi connectivity index (χ0) is 11.4. The number of ketones is 1. The zero-order valence-corrected chi connectivity index (χ0v) is 10.3. The van der Waals surface area contributed by atoms with Crippen LogP contribution in [-0.2, 0) is 4.79 Å². The van der Waals surface area contributed by atoms with Gasteiger partial charge in [-0.3, -0.25) is 4.79 Å². The van der Waals surface area contributed by atoms with Crippen LogP contribution in [0, 0.1) is 11.8 Å². The van der Waals surface area contributed by atoms with Gasteiger partial charge in [0, 0.05) is 25.0 Å². The van der Waals surface area contributed by atoms with Gasteiger partial charge in [-0.15, -0.1) is 0 Å². The first-order chi connectivity index (χ1) is 7.00. The SMILES string of the molecule is CC(C)CC(NC1CNC1)C(=O)C(C)C. The normalized spacial score (nSPS) is 19.3. The van der Waals surface area contributed by atoms with E-state index in [-0.39, 0.29) is 12.0 Å². The molecule has 0 spiro atoms. The second-order valence-electron chi connectivity index (χ2n) is 5.26. The highest BCUT2D eigenvalue weighted by atomic mass is 16.1. The minimum absolute atomic E-state index is 0.0529. The maximum absolute atomic E-state index is 12.0. The fraction of sp³-hybridized carbons (Fsp3) is 0.917. The molecule has 88 valence electrons. The Kier molecular flexibility index (Phi) is 4.74. The Morgan fingerprint density at radius 1 is 1.33 bits per heavy atom. The lowest BCUT2D eigenvalue weighted by Crippen LogP contribution is -2.60. The Balaban J connectivity index is 2.47. The smallest absolute Gasteiger partial charge is 0.152 e. The Bertz CT molecular complexity index is 210. The minimum atomic E-state index is 0.0529. The topological polar surface area (TPSA) is 41.1 Å². The van der Waals surface area contributed by atoms with Crippen LogP contribution in [0.2, 0.25) is 0 Å². The summed E-state index contributed by atoms with van der Waals surface area (Å²) >= 11 is 0. The van der Waals surface area contributed by atoms with Gasteiger partial charge in [-0.05, 0) is 12.3 Å². The van der Waals surface area contributed by atoms with E-state index in [9.17, 15) is 4.79 Å². The maximum atomic E-state index is 12.0. The Morgan fingerprint density at radius 2 is 1.93 bits per heavy atom. The lowest BCUT2D eigenvalue weighted by atomic mass is 9.93. The third kappa shape index (κ3) is 3.92. The molecule has 0 radical (unpaired) electrons. The first-order valence-corrected chi connectivity index (χ1v) is 6.01. The zero-order valence-electron chi connectivity index (χ0n) is 10.3. The second kappa shape index (κ2) is 5.61. The van der Waals surface area contributed by atoms with E-state index < -0.39 is 0 Å². The number of hydrogen-bond acceptors (Lipinski definition) is 3. The van der Waals surface area contributed by atoms with Crippen molar-refractivity contribution >= 4 is 5.78 Å². The Morgan fingerprint density at radius 3 is 2.27 bits per heavy atom. The lowest BCUT2D eigenvalue weighted by Gasteiger charge is -2.33. The highest BCUT2D eigenvalue weighted by molar-refractivity contribution is 5.85. The summed E-state index contributed by atoms with van der Waals surface area (Å²) in [7, 11) is 0. The van der Waals surface area contributed by atoms with Gasteiger partial charge in [0.15, 0.2) is 5.78 Å². The van der Waals surface area contributed by atoms with E-state index in [2.05, 4.69) is 24.5 Å². The van der Waals surface area contributed by atoms with Crippen LogP contribution in [-0.4, -0.2) is 31.0 Å². The summed E-state index contributed by atoms with van der Waals surface area (Å²) in [6, 6.07) is 0.550. The number of hydrogen-bond donors (Lipinski definition) is 2. The summed E-state index contributed by atoms with van der Waals surface area (Å²) in [5.41, 5.74) is 0. The fourth-order valence-corrected chi connectivity index (χ4v) is 1.83. The number of rotatable bonds is 6. The lowest BCUT2D eigenvalue weighted by molar-refractivity contribution is -0.124. The molecule has 2 N–H and O–H groups in total. The van der Waals surface area contributed by atoms with E-state index in [1.54, 1.807) is 0 Å². The Labute approximate surface area is 93.0 Å². The fourth-order valence-electron chi connectivity index (χ4n) is 1.83. The van der Waals surface area contributed by atoms with Crippen LogP contribution in [0.1, 0.15) is 34.1 Å². The summed E-state index contributed by atoms with van der Waals surface area (Å²) in [6.07, 6.45) is 0.952. The molecule has 1 aliphatic rings. The van der Waals surface area contributed by atoms with Crippen molar-refractivity contribution in [3.05, 3.63) is 0 Å². The monoisotopic (exact) mass is 212 g/mol. The van der Waals surface area contributed by atoms with Crippen molar-refractivity contribution in [1.29, 1.82) is 0 Å².